The van der Waals surface area contributed by atoms with E-state index in [2.05, 4.69) is 20.8 Å². The summed E-state index contributed by atoms with van der Waals surface area (Å²) < 4.78 is 5.12. The second-order valence-electron chi connectivity index (χ2n) is 4.43. The Labute approximate surface area is 88.3 Å². The minimum Gasteiger partial charge on any atom is -0.367 e. The van der Waals surface area contributed by atoms with Gasteiger partial charge in [-0.25, -0.2) is 0 Å². The van der Waals surface area contributed by atoms with Crippen LogP contribution in [0.1, 0.15) is 46.5 Å². The summed E-state index contributed by atoms with van der Waals surface area (Å²) >= 11 is 0. The van der Waals surface area contributed by atoms with Crippen LogP contribution in [0, 0.1) is 23.2 Å². The summed E-state index contributed by atoms with van der Waals surface area (Å²) in [4.78, 5) is 0. The van der Waals surface area contributed by atoms with Gasteiger partial charge in [-0.1, -0.05) is 40.0 Å². The highest BCUT2D eigenvalue weighted by atomic mass is 16.5. The molecule has 0 saturated heterocycles. The molecule has 0 unspecified atom stereocenters. The Morgan fingerprint density at radius 3 is 2.43 bits per heavy atom. The van der Waals surface area contributed by atoms with E-state index in [4.69, 9.17) is 10.00 Å². The average Bonchev–Trinajstić information content (AvgIpc) is 2.12. The van der Waals surface area contributed by atoms with Gasteiger partial charge in [0.25, 0.3) is 0 Å². The Bertz CT molecular complexity index is 160. The minimum atomic E-state index is 0.235. The van der Waals surface area contributed by atoms with Gasteiger partial charge in [-0.3, -0.25) is 0 Å². The number of nitrogens with zero attached hydrogens (tertiary/aromatic N) is 1. The molecular weight excluding hydrogens is 174 g/mol. The fourth-order valence-corrected chi connectivity index (χ4v) is 1.42. The van der Waals surface area contributed by atoms with Gasteiger partial charge < -0.3 is 4.74 Å². The molecular formula is C12H23NO. The lowest BCUT2D eigenvalue weighted by Gasteiger charge is -2.11. The molecule has 2 heteroatoms. The largest absolute Gasteiger partial charge is 0.367 e. The second kappa shape index (κ2) is 9.02. The number of hydrogen-bond acceptors (Lipinski definition) is 2. The molecule has 0 radical (unpaired) electrons. The van der Waals surface area contributed by atoms with Crippen molar-refractivity contribution in [2.75, 3.05) is 13.2 Å². The molecule has 0 spiro atoms. The lowest BCUT2D eigenvalue weighted by molar-refractivity contribution is 0.149. The quantitative estimate of drug-likeness (QED) is 0.559. The summed E-state index contributed by atoms with van der Waals surface area (Å²) in [6.45, 7) is 7.76. The monoisotopic (exact) mass is 197 g/mol. The lowest BCUT2D eigenvalue weighted by Crippen LogP contribution is -2.03. The molecule has 1 atom stereocenters. The Morgan fingerprint density at radius 2 is 1.86 bits per heavy atom. The molecule has 0 aliphatic carbocycles. The molecule has 0 rings (SSSR count). The van der Waals surface area contributed by atoms with Crippen molar-refractivity contribution in [3.8, 4) is 6.07 Å². The number of ether oxygens (including phenoxy) is 1. The van der Waals surface area contributed by atoms with Crippen molar-refractivity contribution in [1.82, 2.24) is 0 Å². The molecule has 0 aromatic rings. The molecule has 14 heavy (non-hydrogen) atoms. The van der Waals surface area contributed by atoms with Crippen molar-refractivity contribution in [3.05, 3.63) is 0 Å². The first-order valence-corrected chi connectivity index (χ1v) is 5.61. The van der Waals surface area contributed by atoms with Crippen LogP contribution in [0.5, 0.6) is 0 Å². The molecule has 2 nitrogen and oxygen atoms in total. The van der Waals surface area contributed by atoms with Crippen molar-refractivity contribution in [1.29, 1.82) is 5.26 Å². The van der Waals surface area contributed by atoms with Crippen LogP contribution in [0.15, 0.2) is 0 Å². The third-order valence-corrected chi connectivity index (χ3v) is 2.40. The fraction of sp³-hybridized carbons (Fsp3) is 0.917. The van der Waals surface area contributed by atoms with Gasteiger partial charge >= 0.3 is 0 Å². The molecule has 0 aliphatic heterocycles. The van der Waals surface area contributed by atoms with Gasteiger partial charge in [-0.2, -0.15) is 5.26 Å². The summed E-state index contributed by atoms with van der Waals surface area (Å²) in [5.74, 6) is 1.55. The van der Waals surface area contributed by atoms with Crippen LogP contribution in [0.25, 0.3) is 0 Å². The molecule has 0 aromatic carbocycles. The second-order valence-corrected chi connectivity index (χ2v) is 4.43. The fourth-order valence-electron chi connectivity index (χ4n) is 1.42. The van der Waals surface area contributed by atoms with E-state index in [0.29, 0.717) is 0 Å². The molecule has 0 N–H and O–H groups in total. The Balaban J connectivity index is 3.20. The van der Waals surface area contributed by atoms with Crippen molar-refractivity contribution in [3.63, 3.8) is 0 Å². The van der Waals surface area contributed by atoms with E-state index in [1.807, 2.05) is 6.07 Å². The maximum absolute atomic E-state index is 8.26. The van der Waals surface area contributed by atoms with E-state index in [-0.39, 0.29) is 6.61 Å². The molecule has 0 heterocycles. The Kier molecular flexibility index (Phi) is 8.67. The van der Waals surface area contributed by atoms with Crippen LogP contribution in [0.3, 0.4) is 0 Å². The SMILES string of the molecule is CC(C)CCC[C@@H](C)CCOCC#N. The van der Waals surface area contributed by atoms with Gasteiger partial charge in [0, 0.05) is 6.61 Å². The first-order valence-electron chi connectivity index (χ1n) is 5.61. The minimum absolute atomic E-state index is 0.235. The smallest absolute Gasteiger partial charge is 0.133 e. The van der Waals surface area contributed by atoms with Gasteiger partial charge in [-0.15, -0.1) is 0 Å². The van der Waals surface area contributed by atoms with Crippen molar-refractivity contribution >= 4 is 0 Å². The summed E-state index contributed by atoms with van der Waals surface area (Å²) in [5, 5.41) is 8.26. The van der Waals surface area contributed by atoms with Gasteiger partial charge in [0.1, 0.15) is 6.61 Å². The molecule has 0 saturated carbocycles. The molecule has 82 valence electrons. The van der Waals surface area contributed by atoms with Crippen LogP contribution in [-0.2, 0) is 4.74 Å². The zero-order chi connectivity index (χ0) is 10.8. The Morgan fingerprint density at radius 1 is 1.14 bits per heavy atom. The third kappa shape index (κ3) is 9.54. The highest BCUT2D eigenvalue weighted by Gasteiger charge is 2.02. The molecule has 0 aromatic heterocycles. The summed E-state index contributed by atoms with van der Waals surface area (Å²) in [6, 6.07) is 1.98. The van der Waals surface area contributed by atoms with E-state index in [1.165, 1.54) is 19.3 Å². The predicted octanol–water partition coefficient (Wildman–Crippen LogP) is 3.38. The van der Waals surface area contributed by atoms with E-state index < -0.39 is 0 Å². The summed E-state index contributed by atoms with van der Waals surface area (Å²) in [6.07, 6.45) is 5.01. The normalized spacial score (nSPS) is 12.8. The summed E-state index contributed by atoms with van der Waals surface area (Å²) in [5.41, 5.74) is 0. The van der Waals surface area contributed by atoms with E-state index in [9.17, 15) is 0 Å². The van der Waals surface area contributed by atoms with Crippen molar-refractivity contribution in [2.45, 2.75) is 46.5 Å². The number of hydrogen-bond donors (Lipinski definition) is 0. The highest BCUT2D eigenvalue weighted by Crippen LogP contribution is 2.14. The van der Waals surface area contributed by atoms with Crippen LogP contribution >= 0.6 is 0 Å². The van der Waals surface area contributed by atoms with Crippen LogP contribution in [0.2, 0.25) is 0 Å². The van der Waals surface area contributed by atoms with E-state index >= 15 is 0 Å². The Hall–Kier alpha value is -0.550. The van der Waals surface area contributed by atoms with E-state index in [1.54, 1.807) is 0 Å². The van der Waals surface area contributed by atoms with Crippen molar-refractivity contribution in [2.24, 2.45) is 11.8 Å². The number of nitriles is 1. The maximum Gasteiger partial charge on any atom is 0.133 e. The van der Waals surface area contributed by atoms with Gasteiger partial charge in [0.15, 0.2) is 0 Å². The van der Waals surface area contributed by atoms with E-state index in [0.717, 1.165) is 24.9 Å². The maximum atomic E-state index is 8.26. The predicted molar refractivity (Wildman–Crippen MR) is 58.9 cm³/mol. The average molecular weight is 197 g/mol. The standard InChI is InChI=1S/C12H23NO/c1-11(2)5-4-6-12(3)7-9-14-10-8-13/h11-12H,4-7,9-10H2,1-3H3/t12-/m1/s1. The van der Waals surface area contributed by atoms with Crippen molar-refractivity contribution < 1.29 is 4.74 Å². The lowest BCUT2D eigenvalue weighted by atomic mass is 9.98. The highest BCUT2D eigenvalue weighted by molar-refractivity contribution is 4.66. The summed E-state index contributed by atoms with van der Waals surface area (Å²) in [7, 11) is 0. The first-order chi connectivity index (χ1) is 6.66. The molecule has 0 amide bonds. The van der Waals surface area contributed by atoms with Crippen LogP contribution in [0.4, 0.5) is 0 Å². The van der Waals surface area contributed by atoms with Gasteiger partial charge in [-0.05, 0) is 18.3 Å². The third-order valence-electron chi connectivity index (χ3n) is 2.40. The van der Waals surface area contributed by atoms with Gasteiger partial charge in [0.2, 0.25) is 0 Å². The first kappa shape index (κ1) is 13.4. The molecule has 0 aliphatic rings. The number of rotatable bonds is 8. The zero-order valence-corrected chi connectivity index (χ0v) is 9.75. The van der Waals surface area contributed by atoms with Crippen LogP contribution in [-0.4, -0.2) is 13.2 Å². The van der Waals surface area contributed by atoms with Gasteiger partial charge in [0.05, 0.1) is 6.07 Å². The van der Waals surface area contributed by atoms with Crippen LogP contribution < -0.4 is 0 Å². The molecule has 0 fully saturated rings. The topological polar surface area (TPSA) is 33.0 Å². The zero-order valence-electron chi connectivity index (χ0n) is 9.75. The molecule has 0 bridgehead atoms.